The maximum atomic E-state index is 12.1. The molecule has 8 heteroatoms. The van der Waals surface area contributed by atoms with Crippen LogP contribution in [0.4, 0.5) is 0 Å². The lowest BCUT2D eigenvalue weighted by molar-refractivity contribution is 0.0160. The average molecular weight is 334 g/mol. The molecule has 0 saturated carbocycles. The Kier molecular flexibility index (Phi) is 4.88. The minimum atomic E-state index is -3.95. The molecular weight excluding hydrogens is 318 g/mol. The molecule has 1 aromatic carbocycles. The largest absolute Gasteiger partial charge is 0.459 e. The smallest absolute Gasteiger partial charge is 0.338 e. The van der Waals surface area contributed by atoms with E-state index in [9.17, 15) is 13.2 Å². The van der Waals surface area contributed by atoms with Crippen LogP contribution in [0.2, 0.25) is 5.02 Å². The van der Waals surface area contributed by atoms with Crippen molar-refractivity contribution in [1.29, 1.82) is 0 Å². The van der Waals surface area contributed by atoms with Gasteiger partial charge in [-0.25, -0.2) is 18.4 Å². The van der Waals surface area contributed by atoms with Gasteiger partial charge < -0.3 is 9.47 Å². The number of hydrogen-bond donors (Lipinski definition) is 1. The van der Waals surface area contributed by atoms with Crippen LogP contribution in [0.3, 0.4) is 0 Å². The van der Waals surface area contributed by atoms with E-state index in [0.717, 1.165) is 12.8 Å². The highest BCUT2D eigenvalue weighted by Crippen LogP contribution is 2.25. The predicted molar refractivity (Wildman–Crippen MR) is 76.8 cm³/mol. The van der Waals surface area contributed by atoms with E-state index in [4.69, 9.17) is 26.2 Å². The molecule has 1 atom stereocenters. The lowest BCUT2D eigenvalue weighted by Gasteiger charge is -2.13. The standard InChI is InChI=1S/C13H16ClNO5S/c1-8-11(5-10(6-12(8)14)21(15,17)18)13(16)20-7-9-3-2-4-19-9/h5-6,9H,2-4,7H2,1H3,(H2,15,17,18). The number of benzene rings is 1. The molecule has 6 nitrogen and oxygen atoms in total. The number of rotatable bonds is 4. The monoisotopic (exact) mass is 333 g/mol. The van der Waals surface area contributed by atoms with Crippen LogP contribution in [-0.4, -0.2) is 33.7 Å². The highest BCUT2D eigenvalue weighted by molar-refractivity contribution is 7.89. The highest BCUT2D eigenvalue weighted by Gasteiger charge is 2.21. The zero-order chi connectivity index (χ0) is 15.6. The molecule has 0 aliphatic carbocycles. The number of carbonyl (C=O) groups is 1. The molecule has 2 rings (SSSR count). The van der Waals surface area contributed by atoms with Gasteiger partial charge in [0, 0.05) is 11.6 Å². The molecule has 0 radical (unpaired) electrons. The van der Waals surface area contributed by atoms with Crippen molar-refractivity contribution in [2.45, 2.75) is 30.8 Å². The van der Waals surface area contributed by atoms with Crippen molar-refractivity contribution < 1.29 is 22.7 Å². The topological polar surface area (TPSA) is 95.7 Å². The van der Waals surface area contributed by atoms with E-state index in [2.05, 4.69) is 0 Å². The molecule has 1 aliphatic heterocycles. The van der Waals surface area contributed by atoms with E-state index in [0.29, 0.717) is 12.2 Å². The zero-order valence-corrected chi connectivity index (χ0v) is 13.0. The molecule has 1 saturated heterocycles. The molecule has 0 spiro atoms. The lowest BCUT2D eigenvalue weighted by atomic mass is 10.1. The summed E-state index contributed by atoms with van der Waals surface area (Å²) in [5, 5.41) is 5.20. The molecule has 1 fully saturated rings. The summed E-state index contributed by atoms with van der Waals surface area (Å²) in [6.45, 7) is 2.40. The van der Waals surface area contributed by atoms with E-state index in [1.807, 2.05) is 0 Å². The Morgan fingerprint density at radius 1 is 1.52 bits per heavy atom. The van der Waals surface area contributed by atoms with E-state index in [1.54, 1.807) is 6.92 Å². The number of hydrogen-bond acceptors (Lipinski definition) is 5. The van der Waals surface area contributed by atoms with Gasteiger partial charge in [0.05, 0.1) is 16.6 Å². The fourth-order valence-electron chi connectivity index (χ4n) is 2.05. The Bertz CT molecular complexity index is 653. The first-order chi connectivity index (χ1) is 9.79. The predicted octanol–water partition coefficient (Wildman–Crippen LogP) is 1.63. The molecular formula is C13H16ClNO5S. The van der Waals surface area contributed by atoms with Crippen LogP contribution in [0, 0.1) is 6.92 Å². The van der Waals surface area contributed by atoms with E-state index < -0.39 is 16.0 Å². The molecule has 1 heterocycles. The minimum absolute atomic E-state index is 0.0875. The average Bonchev–Trinajstić information content (AvgIpc) is 2.91. The SMILES string of the molecule is Cc1c(Cl)cc(S(N)(=O)=O)cc1C(=O)OCC1CCCO1. The van der Waals surface area contributed by atoms with Crippen molar-refractivity contribution in [1.82, 2.24) is 0 Å². The number of primary sulfonamides is 1. The Hall–Kier alpha value is -1.15. The molecule has 1 aromatic rings. The molecule has 0 bridgehead atoms. The van der Waals surface area contributed by atoms with Crippen LogP contribution in [0.15, 0.2) is 17.0 Å². The second kappa shape index (κ2) is 6.31. The lowest BCUT2D eigenvalue weighted by Crippen LogP contribution is -2.19. The quantitative estimate of drug-likeness (QED) is 0.845. The Labute approximate surface area is 128 Å². The van der Waals surface area contributed by atoms with Crippen LogP contribution in [0.1, 0.15) is 28.8 Å². The van der Waals surface area contributed by atoms with Gasteiger partial charge in [0.1, 0.15) is 6.61 Å². The first kappa shape index (κ1) is 16.2. The zero-order valence-electron chi connectivity index (χ0n) is 11.5. The molecule has 0 aromatic heterocycles. The van der Waals surface area contributed by atoms with Gasteiger partial charge in [0.25, 0.3) is 0 Å². The minimum Gasteiger partial charge on any atom is -0.459 e. The summed E-state index contributed by atoms with van der Waals surface area (Å²) < 4.78 is 33.3. The maximum absolute atomic E-state index is 12.1. The summed E-state index contributed by atoms with van der Waals surface area (Å²) >= 11 is 5.94. The summed E-state index contributed by atoms with van der Waals surface area (Å²) in [6, 6.07) is 2.39. The third-order valence-electron chi connectivity index (χ3n) is 3.29. The van der Waals surface area contributed by atoms with E-state index in [1.165, 1.54) is 12.1 Å². The van der Waals surface area contributed by atoms with Gasteiger partial charge in [-0.05, 0) is 37.5 Å². The fraction of sp³-hybridized carbons (Fsp3) is 0.462. The summed E-state index contributed by atoms with van der Waals surface area (Å²) in [5.41, 5.74) is 0.533. The molecule has 116 valence electrons. The molecule has 21 heavy (non-hydrogen) atoms. The van der Waals surface area contributed by atoms with Gasteiger partial charge in [-0.1, -0.05) is 11.6 Å². The number of halogens is 1. The third kappa shape index (κ3) is 3.94. The normalized spacial score (nSPS) is 18.7. The second-order valence-corrected chi connectivity index (χ2v) is 6.82. The van der Waals surface area contributed by atoms with Crippen LogP contribution < -0.4 is 5.14 Å². The summed E-state index contributed by atoms with van der Waals surface area (Å²) in [4.78, 5) is 11.9. The van der Waals surface area contributed by atoms with Crippen LogP contribution in [0.25, 0.3) is 0 Å². The first-order valence-electron chi connectivity index (χ1n) is 6.40. The summed E-state index contributed by atoms with van der Waals surface area (Å²) in [7, 11) is -3.95. The number of nitrogens with two attached hydrogens (primary N) is 1. The van der Waals surface area contributed by atoms with Crippen LogP contribution in [-0.2, 0) is 19.5 Å². The molecule has 0 amide bonds. The number of carbonyl (C=O) groups excluding carboxylic acids is 1. The number of ether oxygens (including phenoxy) is 2. The van der Waals surface area contributed by atoms with Gasteiger partial charge in [-0.2, -0.15) is 0 Å². The van der Waals surface area contributed by atoms with E-state index in [-0.39, 0.29) is 28.2 Å². The first-order valence-corrected chi connectivity index (χ1v) is 8.33. The fourth-order valence-corrected chi connectivity index (χ4v) is 2.90. The van der Waals surface area contributed by atoms with Crippen molar-refractivity contribution >= 4 is 27.6 Å². The van der Waals surface area contributed by atoms with Crippen LogP contribution >= 0.6 is 11.6 Å². The second-order valence-electron chi connectivity index (χ2n) is 4.86. The van der Waals surface area contributed by atoms with Gasteiger partial charge >= 0.3 is 5.97 Å². The summed E-state index contributed by atoms with van der Waals surface area (Å²) in [5.74, 6) is -0.643. The summed E-state index contributed by atoms with van der Waals surface area (Å²) in [6.07, 6.45) is 1.67. The van der Waals surface area contributed by atoms with Gasteiger partial charge in [0.15, 0.2) is 0 Å². The maximum Gasteiger partial charge on any atom is 0.338 e. The third-order valence-corrected chi connectivity index (χ3v) is 4.58. The molecule has 1 unspecified atom stereocenters. The van der Waals surface area contributed by atoms with Crippen molar-refractivity contribution in [3.63, 3.8) is 0 Å². The molecule has 2 N–H and O–H groups in total. The van der Waals surface area contributed by atoms with Crippen molar-refractivity contribution in [2.24, 2.45) is 5.14 Å². The Morgan fingerprint density at radius 2 is 2.24 bits per heavy atom. The van der Waals surface area contributed by atoms with Gasteiger partial charge in [-0.15, -0.1) is 0 Å². The van der Waals surface area contributed by atoms with Crippen molar-refractivity contribution in [3.05, 3.63) is 28.3 Å². The Morgan fingerprint density at radius 3 is 2.81 bits per heavy atom. The highest BCUT2D eigenvalue weighted by atomic mass is 35.5. The Balaban J connectivity index is 2.21. The van der Waals surface area contributed by atoms with E-state index >= 15 is 0 Å². The number of esters is 1. The van der Waals surface area contributed by atoms with Gasteiger partial charge in [-0.3, -0.25) is 0 Å². The van der Waals surface area contributed by atoms with Gasteiger partial charge in [0.2, 0.25) is 10.0 Å². The number of sulfonamides is 1. The van der Waals surface area contributed by atoms with Crippen molar-refractivity contribution in [2.75, 3.05) is 13.2 Å². The van der Waals surface area contributed by atoms with Crippen LogP contribution in [0.5, 0.6) is 0 Å². The van der Waals surface area contributed by atoms with Crippen molar-refractivity contribution in [3.8, 4) is 0 Å². The molecule has 1 aliphatic rings.